The monoisotopic (exact) mass is 401 g/mol. The van der Waals surface area contributed by atoms with Gasteiger partial charge in [-0.25, -0.2) is 4.99 Å². The van der Waals surface area contributed by atoms with Crippen LogP contribution in [0.2, 0.25) is 0 Å². The van der Waals surface area contributed by atoms with E-state index in [2.05, 4.69) is 43.4 Å². The third-order valence-electron chi connectivity index (χ3n) is 5.02. The van der Waals surface area contributed by atoms with Crippen LogP contribution in [-0.2, 0) is 26.4 Å². The molecule has 0 amide bonds. The highest BCUT2D eigenvalue weighted by Gasteiger charge is 2.16. The Balaban J connectivity index is 2.27. The molecule has 0 bridgehead atoms. The number of hydrogen-bond donors (Lipinski definition) is 2. The summed E-state index contributed by atoms with van der Waals surface area (Å²) in [5.41, 5.74) is 4.60. The number of guanidine groups is 1. The maximum absolute atomic E-state index is 5.53. The van der Waals surface area contributed by atoms with Crippen LogP contribution < -0.4 is 20.1 Å². The van der Waals surface area contributed by atoms with Crippen LogP contribution in [0.3, 0.4) is 0 Å². The van der Waals surface area contributed by atoms with E-state index in [1.54, 1.807) is 14.2 Å². The number of aromatic nitrogens is 2. The Labute approximate surface area is 174 Å². The number of aliphatic imine (C=N–C) groups is 1. The fraction of sp³-hybridized carbons (Fsp3) is 0.545. The third kappa shape index (κ3) is 5.43. The lowest BCUT2D eigenvalue weighted by Gasteiger charge is -2.21. The molecule has 0 saturated heterocycles. The van der Waals surface area contributed by atoms with Crippen molar-refractivity contribution in [2.24, 2.45) is 12.0 Å². The Morgan fingerprint density at radius 1 is 1.17 bits per heavy atom. The van der Waals surface area contributed by atoms with Crippen molar-refractivity contribution in [2.75, 3.05) is 20.8 Å². The molecule has 1 atom stereocenters. The number of nitrogens with one attached hydrogen (secondary N) is 2. The second-order valence-corrected chi connectivity index (χ2v) is 6.87. The van der Waals surface area contributed by atoms with Gasteiger partial charge < -0.3 is 20.1 Å². The van der Waals surface area contributed by atoms with Gasteiger partial charge in [0.2, 0.25) is 0 Å². The number of nitrogens with zero attached hydrogens (tertiary/aromatic N) is 3. The summed E-state index contributed by atoms with van der Waals surface area (Å²) in [5.74, 6) is 2.38. The maximum Gasteiger partial charge on any atom is 0.192 e. The van der Waals surface area contributed by atoms with Crippen molar-refractivity contribution in [3.8, 4) is 11.5 Å². The Hall–Kier alpha value is -2.70. The van der Waals surface area contributed by atoms with E-state index in [1.165, 1.54) is 11.3 Å². The summed E-state index contributed by atoms with van der Waals surface area (Å²) in [6.45, 7) is 9.82. The second-order valence-electron chi connectivity index (χ2n) is 6.87. The van der Waals surface area contributed by atoms with Crippen molar-refractivity contribution in [1.82, 2.24) is 20.4 Å². The van der Waals surface area contributed by atoms with Crippen molar-refractivity contribution < 1.29 is 9.47 Å². The fourth-order valence-electron chi connectivity index (χ4n) is 3.51. The molecule has 7 heteroatoms. The topological polar surface area (TPSA) is 72.7 Å². The second kappa shape index (κ2) is 10.7. The molecule has 29 heavy (non-hydrogen) atoms. The molecule has 160 valence electrons. The van der Waals surface area contributed by atoms with Gasteiger partial charge >= 0.3 is 0 Å². The molecule has 1 aromatic carbocycles. The summed E-state index contributed by atoms with van der Waals surface area (Å²) in [6, 6.07) is 5.80. The zero-order valence-electron chi connectivity index (χ0n) is 18.8. The number of aryl methyl sites for hydroxylation is 2. The first kappa shape index (κ1) is 22.6. The molecule has 2 N–H and O–H groups in total. The molecule has 0 aliphatic carbocycles. The molecule has 1 heterocycles. The van der Waals surface area contributed by atoms with E-state index in [1.807, 2.05) is 29.9 Å². The Morgan fingerprint density at radius 2 is 1.93 bits per heavy atom. The molecule has 2 rings (SSSR count). The average molecular weight is 402 g/mol. The van der Waals surface area contributed by atoms with E-state index in [-0.39, 0.29) is 6.04 Å². The summed E-state index contributed by atoms with van der Waals surface area (Å²) < 4.78 is 12.9. The molecule has 0 aliphatic heterocycles. The van der Waals surface area contributed by atoms with E-state index >= 15 is 0 Å². The zero-order valence-corrected chi connectivity index (χ0v) is 18.8. The molecule has 1 unspecified atom stereocenters. The fourth-order valence-corrected chi connectivity index (χ4v) is 3.51. The van der Waals surface area contributed by atoms with Crippen LogP contribution >= 0.6 is 0 Å². The van der Waals surface area contributed by atoms with Crippen molar-refractivity contribution in [3.05, 3.63) is 40.7 Å². The first-order chi connectivity index (χ1) is 14.0. The highest BCUT2D eigenvalue weighted by Crippen LogP contribution is 2.29. The molecule has 0 spiro atoms. The van der Waals surface area contributed by atoms with E-state index in [4.69, 9.17) is 14.5 Å². The molecule has 7 nitrogen and oxygen atoms in total. The first-order valence-electron chi connectivity index (χ1n) is 10.3. The minimum Gasteiger partial charge on any atom is -0.497 e. The molecule has 2 aromatic rings. The van der Waals surface area contributed by atoms with E-state index in [0.717, 1.165) is 48.1 Å². The molecular formula is C22H35N5O2. The first-order valence-corrected chi connectivity index (χ1v) is 10.3. The average Bonchev–Trinajstić information content (AvgIpc) is 3.05. The molecule has 0 saturated carbocycles. The summed E-state index contributed by atoms with van der Waals surface area (Å²) in [7, 11) is 5.35. The van der Waals surface area contributed by atoms with E-state index in [9.17, 15) is 0 Å². The third-order valence-corrected chi connectivity index (χ3v) is 5.02. The smallest absolute Gasteiger partial charge is 0.192 e. The normalized spacial score (nSPS) is 12.6. The van der Waals surface area contributed by atoms with Gasteiger partial charge in [-0.05, 0) is 44.9 Å². The van der Waals surface area contributed by atoms with Gasteiger partial charge in [-0.3, -0.25) is 4.68 Å². The lowest BCUT2D eigenvalue weighted by atomic mass is 10.1. The van der Waals surface area contributed by atoms with Crippen molar-refractivity contribution in [2.45, 2.75) is 53.1 Å². The van der Waals surface area contributed by atoms with Gasteiger partial charge in [-0.15, -0.1) is 0 Å². The number of benzene rings is 1. The maximum atomic E-state index is 5.53. The summed E-state index contributed by atoms with van der Waals surface area (Å²) in [6.07, 6.45) is 1.84. The molecule has 0 aliphatic rings. The van der Waals surface area contributed by atoms with Crippen molar-refractivity contribution in [3.63, 3.8) is 0 Å². The summed E-state index contributed by atoms with van der Waals surface area (Å²) in [4.78, 5) is 4.85. The van der Waals surface area contributed by atoms with Crippen LogP contribution in [0.15, 0.2) is 23.2 Å². The number of ether oxygens (including phenoxy) is 2. The highest BCUT2D eigenvalue weighted by atomic mass is 16.5. The van der Waals surface area contributed by atoms with Crippen molar-refractivity contribution >= 4 is 5.96 Å². The zero-order chi connectivity index (χ0) is 21.4. The Kier molecular flexibility index (Phi) is 8.36. The van der Waals surface area contributed by atoms with Gasteiger partial charge in [0.05, 0.1) is 32.5 Å². The minimum atomic E-state index is -0.0111. The summed E-state index contributed by atoms with van der Waals surface area (Å²) in [5, 5.41) is 11.5. The van der Waals surface area contributed by atoms with E-state index < -0.39 is 0 Å². The summed E-state index contributed by atoms with van der Waals surface area (Å²) >= 11 is 0. The SMILES string of the molecule is CCNC(=NCc1c(CC)nn(C)c1CC)NC(C)c1cc(OC)ccc1OC. The van der Waals surface area contributed by atoms with Crippen molar-refractivity contribution in [1.29, 1.82) is 0 Å². The van der Waals surface area contributed by atoms with Gasteiger partial charge in [0, 0.05) is 30.4 Å². The molecule has 0 radical (unpaired) electrons. The quantitative estimate of drug-likeness (QED) is 0.498. The van der Waals surface area contributed by atoms with Crippen LogP contribution in [0.4, 0.5) is 0 Å². The molecule has 1 aromatic heterocycles. The van der Waals surface area contributed by atoms with E-state index in [0.29, 0.717) is 6.54 Å². The van der Waals surface area contributed by atoms with Crippen LogP contribution in [0.25, 0.3) is 0 Å². The Morgan fingerprint density at radius 3 is 2.52 bits per heavy atom. The van der Waals surface area contributed by atoms with Crippen LogP contribution in [0.5, 0.6) is 11.5 Å². The highest BCUT2D eigenvalue weighted by molar-refractivity contribution is 5.80. The van der Waals surface area contributed by atoms with Gasteiger partial charge in [0.25, 0.3) is 0 Å². The van der Waals surface area contributed by atoms with Crippen LogP contribution in [-0.4, -0.2) is 36.5 Å². The standard InChI is InChI=1S/C22H35N5O2/c1-8-19-18(20(9-2)27(5)26-19)14-24-22(23-10-3)25-15(4)17-13-16(28-6)11-12-21(17)29-7/h11-13,15H,8-10,14H2,1-7H3,(H2,23,24,25). The van der Waals surface area contributed by atoms with Gasteiger partial charge in [-0.1, -0.05) is 13.8 Å². The van der Waals surface area contributed by atoms with Crippen LogP contribution in [0, 0.1) is 0 Å². The Bertz CT molecular complexity index is 829. The molecule has 0 fully saturated rings. The minimum absolute atomic E-state index is 0.0111. The number of rotatable bonds is 9. The van der Waals surface area contributed by atoms with Crippen LogP contribution in [0.1, 0.15) is 56.3 Å². The number of methoxy groups -OCH3 is 2. The van der Waals surface area contributed by atoms with Gasteiger partial charge in [-0.2, -0.15) is 5.10 Å². The van der Waals surface area contributed by atoms with Gasteiger partial charge in [0.1, 0.15) is 11.5 Å². The number of hydrogen-bond acceptors (Lipinski definition) is 4. The molecular weight excluding hydrogens is 366 g/mol. The lowest BCUT2D eigenvalue weighted by molar-refractivity contribution is 0.394. The van der Waals surface area contributed by atoms with Gasteiger partial charge in [0.15, 0.2) is 5.96 Å². The predicted molar refractivity (Wildman–Crippen MR) is 118 cm³/mol. The largest absolute Gasteiger partial charge is 0.497 e. The predicted octanol–water partition coefficient (Wildman–Crippen LogP) is 3.38. The lowest BCUT2D eigenvalue weighted by Crippen LogP contribution is -2.38.